The van der Waals surface area contributed by atoms with Crippen molar-refractivity contribution in [1.82, 2.24) is 15.5 Å². The van der Waals surface area contributed by atoms with Crippen molar-refractivity contribution in [1.29, 1.82) is 0 Å². The van der Waals surface area contributed by atoms with E-state index in [9.17, 15) is 14.4 Å². The summed E-state index contributed by atoms with van der Waals surface area (Å²) < 4.78 is 5.59. The van der Waals surface area contributed by atoms with E-state index in [2.05, 4.69) is 10.6 Å². The van der Waals surface area contributed by atoms with Gasteiger partial charge in [-0.2, -0.15) is 0 Å². The Morgan fingerprint density at radius 1 is 1.24 bits per heavy atom. The van der Waals surface area contributed by atoms with Crippen LogP contribution in [0.4, 0.5) is 0 Å². The number of ketones is 1. The van der Waals surface area contributed by atoms with E-state index < -0.39 is 0 Å². The number of nitrogens with one attached hydrogen (secondary N) is 2. The van der Waals surface area contributed by atoms with E-state index >= 15 is 0 Å². The molecule has 0 spiro atoms. The van der Waals surface area contributed by atoms with Crippen LogP contribution in [0, 0.1) is 5.92 Å². The lowest BCUT2D eigenvalue weighted by molar-refractivity contribution is -0.135. The number of nitrogens with zero attached hydrogens (tertiary/aromatic N) is 1. The second kappa shape index (κ2) is 11.2. The summed E-state index contributed by atoms with van der Waals surface area (Å²) in [5, 5.41) is 6.23. The Bertz CT molecular complexity index is 722. The van der Waals surface area contributed by atoms with E-state index in [-0.39, 0.29) is 48.6 Å². The van der Waals surface area contributed by atoms with Gasteiger partial charge in [0.25, 0.3) is 5.91 Å². The number of ether oxygens (including phenoxy) is 1. The second-order valence-corrected chi connectivity index (χ2v) is 7.61. The van der Waals surface area contributed by atoms with Gasteiger partial charge >= 0.3 is 0 Å². The Hall–Kier alpha value is -2.12. The molecular weight excluding hydrogens is 394 g/mol. The second-order valence-electron chi connectivity index (χ2n) is 7.61. The highest BCUT2D eigenvalue weighted by Crippen LogP contribution is 2.18. The number of carbonyl (C=O) groups excluding carboxylic acids is 3. The largest absolute Gasteiger partial charge is 0.484 e. The first-order valence-corrected chi connectivity index (χ1v) is 10.1. The lowest BCUT2D eigenvalue weighted by Gasteiger charge is -2.33. The Kier molecular flexibility index (Phi) is 8.92. The SMILES string of the molecule is CC(=O)c1cccc(OCC(=O)N2CCCC(CNC(=O)C3CCCN3)C2)c1.Cl. The Balaban J connectivity index is 0.00000300. The molecule has 1 aromatic carbocycles. The van der Waals surface area contributed by atoms with Crippen LogP contribution in [0.5, 0.6) is 5.75 Å². The fraction of sp³-hybridized carbons (Fsp3) is 0.571. The van der Waals surface area contributed by atoms with Crippen LogP contribution in [0.25, 0.3) is 0 Å². The quantitative estimate of drug-likeness (QED) is 0.653. The predicted octanol–water partition coefficient (Wildman–Crippen LogP) is 1.80. The highest BCUT2D eigenvalue weighted by atomic mass is 35.5. The van der Waals surface area contributed by atoms with Crippen molar-refractivity contribution >= 4 is 30.0 Å². The molecule has 2 unspecified atom stereocenters. The standard InChI is InChI=1S/C21H29N3O4.ClH/c1-15(25)17-6-2-7-18(11-17)28-14-20(26)24-10-4-5-16(13-24)12-23-21(27)19-8-3-9-22-19;/h2,6-7,11,16,19,22H,3-5,8-10,12-14H2,1H3,(H,23,27);1H. The third-order valence-electron chi connectivity index (χ3n) is 5.42. The van der Waals surface area contributed by atoms with Crippen molar-refractivity contribution < 1.29 is 19.1 Å². The molecule has 1 aromatic rings. The summed E-state index contributed by atoms with van der Waals surface area (Å²) in [4.78, 5) is 37.9. The molecule has 0 aromatic heterocycles. The average molecular weight is 424 g/mol. The number of rotatable bonds is 7. The molecule has 2 amide bonds. The first-order valence-electron chi connectivity index (χ1n) is 10.1. The molecule has 2 fully saturated rings. The van der Waals surface area contributed by atoms with Gasteiger partial charge in [0.1, 0.15) is 5.75 Å². The van der Waals surface area contributed by atoms with Crippen LogP contribution in [-0.4, -0.2) is 61.3 Å². The number of halogens is 1. The minimum absolute atomic E-state index is 0. The fourth-order valence-corrected chi connectivity index (χ4v) is 3.78. The first-order chi connectivity index (χ1) is 13.5. The zero-order valence-electron chi connectivity index (χ0n) is 16.8. The monoisotopic (exact) mass is 423 g/mol. The van der Waals surface area contributed by atoms with E-state index in [1.54, 1.807) is 24.3 Å². The van der Waals surface area contributed by atoms with E-state index in [4.69, 9.17) is 4.74 Å². The van der Waals surface area contributed by atoms with Crippen molar-refractivity contribution in [2.45, 2.75) is 38.6 Å². The molecule has 8 heteroatoms. The summed E-state index contributed by atoms with van der Waals surface area (Å²) in [7, 11) is 0. The minimum atomic E-state index is -0.0690. The molecule has 2 N–H and O–H groups in total. The Labute approximate surface area is 178 Å². The van der Waals surface area contributed by atoms with Crippen molar-refractivity contribution in [3.8, 4) is 5.75 Å². The van der Waals surface area contributed by atoms with Crippen molar-refractivity contribution in [2.24, 2.45) is 5.92 Å². The maximum absolute atomic E-state index is 12.5. The number of carbonyl (C=O) groups is 3. The molecule has 0 aliphatic carbocycles. The Morgan fingerprint density at radius 3 is 2.79 bits per heavy atom. The molecule has 0 radical (unpaired) electrons. The molecule has 2 heterocycles. The number of Topliss-reactive ketones (excluding diaryl/α,β-unsaturated/α-hetero) is 1. The van der Waals surface area contributed by atoms with Crippen LogP contribution in [0.3, 0.4) is 0 Å². The normalized spacial score (nSPS) is 21.2. The summed E-state index contributed by atoms with van der Waals surface area (Å²) in [6, 6.07) is 6.80. The highest BCUT2D eigenvalue weighted by Gasteiger charge is 2.26. The predicted molar refractivity (Wildman–Crippen MR) is 113 cm³/mol. The molecule has 3 rings (SSSR count). The molecule has 0 bridgehead atoms. The lowest BCUT2D eigenvalue weighted by atomic mass is 9.97. The lowest BCUT2D eigenvalue weighted by Crippen LogP contribution is -2.47. The van der Waals surface area contributed by atoms with Gasteiger partial charge in [-0.15, -0.1) is 12.4 Å². The van der Waals surface area contributed by atoms with Gasteiger partial charge in [0.2, 0.25) is 5.91 Å². The van der Waals surface area contributed by atoms with Crippen molar-refractivity contribution in [3.05, 3.63) is 29.8 Å². The van der Waals surface area contributed by atoms with Gasteiger partial charge in [-0.3, -0.25) is 14.4 Å². The summed E-state index contributed by atoms with van der Waals surface area (Å²) >= 11 is 0. The number of hydrogen-bond donors (Lipinski definition) is 2. The number of amides is 2. The maximum atomic E-state index is 12.5. The van der Waals surface area contributed by atoms with Gasteiger partial charge in [0, 0.05) is 25.2 Å². The number of hydrogen-bond acceptors (Lipinski definition) is 5. The molecule has 2 aliphatic rings. The van der Waals surface area contributed by atoms with Crippen LogP contribution in [-0.2, 0) is 9.59 Å². The molecule has 2 aliphatic heterocycles. The van der Waals surface area contributed by atoms with Crippen LogP contribution < -0.4 is 15.4 Å². The summed E-state index contributed by atoms with van der Waals surface area (Å²) in [5.41, 5.74) is 0.565. The molecule has 160 valence electrons. The van der Waals surface area contributed by atoms with Gasteiger partial charge in [-0.25, -0.2) is 0 Å². The molecule has 7 nitrogen and oxygen atoms in total. The molecule has 2 saturated heterocycles. The van der Waals surface area contributed by atoms with Crippen molar-refractivity contribution in [2.75, 3.05) is 32.8 Å². The van der Waals surface area contributed by atoms with E-state index in [0.717, 1.165) is 32.2 Å². The topological polar surface area (TPSA) is 87.7 Å². The van der Waals surface area contributed by atoms with E-state index in [0.29, 0.717) is 30.9 Å². The van der Waals surface area contributed by atoms with Crippen LogP contribution in [0.1, 0.15) is 43.0 Å². The zero-order valence-corrected chi connectivity index (χ0v) is 17.6. The van der Waals surface area contributed by atoms with E-state index in [1.807, 2.05) is 4.90 Å². The van der Waals surface area contributed by atoms with Crippen LogP contribution >= 0.6 is 12.4 Å². The number of piperidine rings is 1. The van der Waals surface area contributed by atoms with Crippen LogP contribution in [0.2, 0.25) is 0 Å². The van der Waals surface area contributed by atoms with Gasteiger partial charge in [-0.1, -0.05) is 12.1 Å². The average Bonchev–Trinajstić information content (AvgIpc) is 3.25. The van der Waals surface area contributed by atoms with Gasteiger partial charge < -0.3 is 20.3 Å². The van der Waals surface area contributed by atoms with Crippen molar-refractivity contribution in [3.63, 3.8) is 0 Å². The minimum Gasteiger partial charge on any atom is -0.484 e. The maximum Gasteiger partial charge on any atom is 0.260 e. The third-order valence-corrected chi connectivity index (χ3v) is 5.42. The summed E-state index contributed by atoms with van der Waals surface area (Å²) in [6.07, 6.45) is 3.86. The van der Waals surface area contributed by atoms with Gasteiger partial charge in [0.15, 0.2) is 12.4 Å². The highest BCUT2D eigenvalue weighted by molar-refractivity contribution is 5.94. The fourth-order valence-electron chi connectivity index (χ4n) is 3.78. The first kappa shape index (κ1) is 23.2. The third kappa shape index (κ3) is 6.72. The number of benzene rings is 1. The zero-order chi connectivity index (χ0) is 19.9. The van der Waals surface area contributed by atoms with E-state index in [1.165, 1.54) is 6.92 Å². The molecular formula is C21H30ClN3O4. The Morgan fingerprint density at radius 2 is 2.07 bits per heavy atom. The molecule has 29 heavy (non-hydrogen) atoms. The van der Waals surface area contributed by atoms with Gasteiger partial charge in [-0.05, 0) is 57.2 Å². The van der Waals surface area contributed by atoms with Gasteiger partial charge in [0.05, 0.1) is 6.04 Å². The summed E-state index contributed by atoms with van der Waals surface area (Å²) in [6.45, 7) is 4.30. The number of likely N-dealkylation sites (tertiary alicyclic amines) is 1. The van der Waals surface area contributed by atoms with Crippen LogP contribution in [0.15, 0.2) is 24.3 Å². The smallest absolute Gasteiger partial charge is 0.260 e. The molecule has 0 saturated carbocycles. The molecule has 2 atom stereocenters. The summed E-state index contributed by atoms with van der Waals surface area (Å²) in [5.74, 6) is 0.747.